The molecule has 0 fully saturated rings. The lowest BCUT2D eigenvalue weighted by Crippen LogP contribution is -1.91. The van der Waals surface area contributed by atoms with E-state index in [0.717, 1.165) is 5.56 Å². The molecule has 0 saturated heterocycles. The summed E-state index contributed by atoms with van der Waals surface area (Å²) in [6, 6.07) is 43.0. The number of benzene rings is 6. The number of nitrogens with zero attached hydrogens (tertiary/aromatic N) is 1. The normalized spacial score (nSPS) is 11.4. The minimum atomic E-state index is 0.676. The summed E-state index contributed by atoms with van der Waals surface area (Å²) >= 11 is 1.87. The molecule has 1 heterocycles. The number of thiophene rings is 1. The number of rotatable bonds is 2. The van der Waals surface area contributed by atoms with Crippen LogP contribution in [0.5, 0.6) is 0 Å². The first-order valence-electron chi connectivity index (χ1n) is 11.7. The van der Waals surface area contributed by atoms with Crippen molar-refractivity contribution in [3.63, 3.8) is 0 Å². The van der Waals surface area contributed by atoms with Gasteiger partial charge in [-0.25, -0.2) is 0 Å². The molecule has 162 valence electrons. The summed E-state index contributed by atoms with van der Waals surface area (Å²) in [6.45, 7) is 0. The molecule has 0 saturated carbocycles. The van der Waals surface area contributed by atoms with Crippen molar-refractivity contribution in [3.05, 3.63) is 121 Å². The van der Waals surface area contributed by atoms with Crippen LogP contribution < -0.4 is 0 Å². The van der Waals surface area contributed by atoms with Crippen molar-refractivity contribution < 1.29 is 0 Å². The smallest absolute Gasteiger partial charge is 0.0991 e. The summed E-state index contributed by atoms with van der Waals surface area (Å²) in [7, 11) is 0. The quantitative estimate of drug-likeness (QED) is 0.235. The van der Waals surface area contributed by atoms with Crippen molar-refractivity contribution >= 4 is 53.1 Å². The monoisotopic (exact) mass is 461 g/mol. The lowest BCUT2D eigenvalue weighted by molar-refractivity contribution is 1.49. The van der Waals surface area contributed by atoms with E-state index in [9.17, 15) is 5.26 Å². The zero-order valence-electron chi connectivity index (χ0n) is 18.8. The first-order chi connectivity index (χ1) is 17.3. The molecule has 7 rings (SSSR count). The molecule has 0 N–H and O–H groups in total. The topological polar surface area (TPSA) is 23.8 Å². The molecule has 0 aliphatic rings. The van der Waals surface area contributed by atoms with Gasteiger partial charge in [0, 0.05) is 25.7 Å². The molecule has 0 unspecified atom stereocenters. The fourth-order valence-corrected chi connectivity index (χ4v) is 6.61. The van der Waals surface area contributed by atoms with E-state index in [1.807, 2.05) is 23.5 Å². The molecule has 0 amide bonds. The molecule has 0 spiro atoms. The zero-order valence-corrected chi connectivity index (χ0v) is 19.6. The van der Waals surface area contributed by atoms with Crippen LogP contribution in [0, 0.1) is 11.3 Å². The van der Waals surface area contributed by atoms with E-state index in [-0.39, 0.29) is 0 Å². The Balaban J connectivity index is 1.65. The standard InChI is InChI=1S/C33H19NS/c34-20-21-16-18-22(19-17-21)31-24-9-1-3-11-26(24)32(27-12-4-2-10-25(27)31)29-14-7-13-28-23-8-5-6-15-30(23)35-33(28)29/h1-19H. The van der Waals surface area contributed by atoms with Crippen LogP contribution in [-0.4, -0.2) is 0 Å². The molecule has 0 atom stereocenters. The molecule has 1 aromatic heterocycles. The Morgan fingerprint density at radius 2 is 1.03 bits per heavy atom. The highest BCUT2D eigenvalue weighted by Crippen LogP contribution is 2.47. The molecule has 0 aliphatic heterocycles. The molecule has 35 heavy (non-hydrogen) atoms. The molecular weight excluding hydrogens is 442 g/mol. The Morgan fingerprint density at radius 3 is 1.66 bits per heavy atom. The van der Waals surface area contributed by atoms with Crippen LogP contribution in [0.4, 0.5) is 0 Å². The van der Waals surface area contributed by atoms with Crippen molar-refractivity contribution in [1.29, 1.82) is 5.26 Å². The summed E-state index contributed by atoms with van der Waals surface area (Å²) in [5.41, 5.74) is 5.58. The average Bonchev–Trinajstić information content (AvgIpc) is 3.31. The summed E-state index contributed by atoms with van der Waals surface area (Å²) in [5, 5.41) is 16.9. The highest BCUT2D eigenvalue weighted by Gasteiger charge is 2.19. The Kier molecular flexibility index (Phi) is 4.45. The molecular formula is C33H19NS. The lowest BCUT2D eigenvalue weighted by Gasteiger charge is -2.18. The molecule has 2 heteroatoms. The highest BCUT2D eigenvalue weighted by atomic mass is 32.1. The fourth-order valence-electron chi connectivity index (χ4n) is 5.39. The Labute approximate surface area is 207 Å². The second-order valence-electron chi connectivity index (χ2n) is 8.81. The van der Waals surface area contributed by atoms with Gasteiger partial charge in [0.1, 0.15) is 0 Å². The van der Waals surface area contributed by atoms with Crippen LogP contribution >= 0.6 is 11.3 Å². The molecule has 6 aromatic carbocycles. The van der Waals surface area contributed by atoms with E-state index in [1.165, 1.54) is 58.4 Å². The van der Waals surface area contributed by atoms with Gasteiger partial charge in [-0.05, 0) is 56.4 Å². The van der Waals surface area contributed by atoms with Crippen LogP contribution in [0.3, 0.4) is 0 Å². The average molecular weight is 462 g/mol. The minimum absolute atomic E-state index is 0.676. The molecule has 7 aromatic rings. The summed E-state index contributed by atoms with van der Waals surface area (Å²) in [6.07, 6.45) is 0. The van der Waals surface area contributed by atoms with Gasteiger partial charge in [0.05, 0.1) is 11.6 Å². The van der Waals surface area contributed by atoms with Gasteiger partial charge in [0.15, 0.2) is 0 Å². The predicted molar refractivity (Wildman–Crippen MR) is 150 cm³/mol. The van der Waals surface area contributed by atoms with Crippen LogP contribution in [0.2, 0.25) is 0 Å². The maximum absolute atomic E-state index is 9.29. The minimum Gasteiger partial charge on any atom is -0.192 e. The second-order valence-corrected chi connectivity index (χ2v) is 9.86. The van der Waals surface area contributed by atoms with Gasteiger partial charge in [0.25, 0.3) is 0 Å². The molecule has 0 aliphatic carbocycles. The Hall–Kier alpha value is -4.45. The SMILES string of the molecule is N#Cc1ccc(-c2c3ccccc3c(-c3cccc4c3sc3ccccc34)c3ccccc23)cc1. The van der Waals surface area contributed by atoms with Crippen molar-refractivity contribution in [2.75, 3.05) is 0 Å². The third-order valence-corrected chi connectivity index (χ3v) is 8.13. The van der Waals surface area contributed by atoms with Crippen molar-refractivity contribution in [2.45, 2.75) is 0 Å². The fraction of sp³-hybridized carbons (Fsp3) is 0. The lowest BCUT2D eigenvalue weighted by atomic mass is 9.85. The van der Waals surface area contributed by atoms with Gasteiger partial charge in [0.2, 0.25) is 0 Å². The Morgan fingerprint density at radius 1 is 0.486 bits per heavy atom. The van der Waals surface area contributed by atoms with Crippen LogP contribution in [0.15, 0.2) is 115 Å². The van der Waals surface area contributed by atoms with Gasteiger partial charge >= 0.3 is 0 Å². The van der Waals surface area contributed by atoms with E-state index in [2.05, 4.69) is 109 Å². The number of fused-ring (bicyclic) bond motifs is 5. The van der Waals surface area contributed by atoms with Crippen LogP contribution in [0.1, 0.15) is 5.56 Å². The van der Waals surface area contributed by atoms with E-state index in [1.54, 1.807) is 0 Å². The third-order valence-electron chi connectivity index (χ3n) is 6.91. The van der Waals surface area contributed by atoms with E-state index >= 15 is 0 Å². The first kappa shape index (κ1) is 20.0. The molecule has 0 radical (unpaired) electrons. The van der Waals surface area contributed by atoms with Crippen molar-refractivity contribution in [2.24, 2.45) is 0 Å². The van der Waals surface area contributed by atoms with Gasteiger partial charge in [-0.3, -0.25) is 0 Å². The predicted octanol–water partition coefficient (Wildman–Crippen LogP) is 9.57. The van der Waals surface area contributed by atoms with Gasteiger partial charge in [-0.2, -0.15) is 5.26 Å². The molecule has 1 nitrogen and oxygen atoms in total. The molecule has 0 bridgehead atoms. The number of nitriles is 1. The summed E-state index contributed by atoms with van der Waals surface area (Å²) in [5.74, 6) is 0. The van der Waals surface area contributed by atoms with Crippen molar-refractivity contribution in [1.82, 2.24) is 0 Å². The maximum atomic E-state index is 9.29. The second kappa shape index (κ2) is 7.81. The van der Waals surface area contributed by atoms with Crippen LogP contribution in [0.25, 0.3) is 64.0 Å². The van der Waals surface area contributed by atoms with Crippen molar-refractivity contribution in [3.8, 4) is 28.3 Å². The third kappa shape index (κ3) is 2.99. The Bertz CT molecular complexity index is 1900. The van der Waals surface area contributed by atoms with Gasteiger partial charge in [-0.15, -0.1) is 11.3 Å². The highest BCUT2D eigenvalue weighted by molar-refractivity contribution is 7.26. The van der Waals surface area contributed by atoms with E-state index < -0.39 is 0 Å². The zero-order chi connectivity index (χ0) is 23.4. The van der Waals surface area contributed by atoms with Gasteiger partial charge < -0.3 is 0 Å². The number of hydrogen-bond acceptors (Lipinski definition) is 2. The van der Waals surface area contributed by atoms with E-state index in [4.69, 9.17) is 0 Å². The first-order valence-corrected chi connectivity index (χ1v) is 12.5. The van der Waals surface area contributed by atoms with Gasteiger partial charge in [-0.1, -0.05) is 97.1 Å². The van der Waals surface area contributed by atoms with Crippen LogP contribution in [-0.2, 0) is 0 Å². The summed E-state index contributed by atoms with van der Waals surface area (Å²) < 4.78 is 2.65. The van der Waals surface area contributed by atoms with E-state index in [0.29, 0.717) is 5.56 Å². The number of hydrogen-bond donors (Lipinski definition) is 0. The largest absolute Gasteiger partial charge is 0.192 e. The maximum Gasteiger partial charge on any atom is 0.0991 e. The summed E-state index contributed by atoms with van der Waals surface area (Å²) in [4.78, 5) is 0.